The summed E-state index contributed by atoms with van der Waals surface area (Å²) in [6, 6.07) is 6.89. The first-order valence-electron chi connectivity index (χ1n) is 6.68. The number of anilines is 1. The summed E-state index contributed by atoms with van der Waals surface area (Å²) < 4.78 is 27.4. The fourth-order valence-electron chi connectivity index (χ4n) is 1.64. The van der Waals surface area contributed by atoms with Crippen LogP contribution in [0.25, 0.3) is 0 Å². The number of carbonyl (C=O) groups is 1. The van der Waals surface area contributed by atoms with Gasteiger partial charge in [-0.25, -0.2) is 8.42 Å². The minimum Gasteiger partial charge on any atom is -0.492 e. The molecule has 0 saturated heterocycles. The zero-order valence-electron chi connectivity index (χ0n) is 13.0. The number of nitrogens with one attached hydrogen (secondary N) is 2. The first kappa shape index (κ1) is 20.7. The molecule has 6 nitrogen and oxygen atoms in total. The summed E-state index contributed by atoms with van der Waals surface area (Å²) in [4.78, 5) is 11.9. The van der Waals surface area contributed by atoms with E-state index in [0.29, 0.717) is 18.0 Å². The maximum atomic E-state index is 11.9. The molecule has 8 heteroatoms. The second-order valence-corrected chi connectivity index (χ2v) is 7.21. The highest BCUT2D eigenvalue weighted by Crippen LogP contribution is 2.18. The molecule has 126 valence electrons. The lowest BCUT2D eigenvalue weighted by molar-refractivity contribution is -0.119. The Bertz CT molecular complexity index is 578. The normalized spacial score (nSPS) is 12.1. The maximum Gasteiger partial charge on any atom is 0.228 e. The number of benzene rings is 1. The summed E-state index contributed by atoms with van der Waals surface area (Å²) in [7, 11) is -1.25. The first-order chi connectivity index (χ1) is 9.81. The number of halogens is 1. The Kier molecular flexibility index (Phi) is 9.08. The Morgan fingerprint density at radius 2 is 2.05 bits per heavy atom. The highest BCUT2D eigenvalue weighted by molar-refractivity contribution is 7.90. The number of rotatable bonds is 8. The van der Waals surface area contributed by atoms with Crippen LogP contribution < -0.4 is 15.4 Å². The summed E-state index contributed by atoms with van der Waals surface area (Å²) in [6.45, 7) is 2.51. The number of amides is 1. The van der Waals surface area contributed by atoms with Gasteiger partial charge in [0.25, 0.3) is 0 Å². The topological polar surface area (TPSA) is 84.5 Å². The standard InChI is InChI=1S/C14H22N2O4S.ClH/c1-11(10-15-2)14(17)16-12-5-4-6-13(9-12)20-7-8-21(3,18)19;/h4-6,9,11,15H,7-8,10H2,1-3H3,(H,16,17);1H. The highest BCUT2D eigenvalue weighted by atomic mass is 35.5. The third-order valence-corrected chi connectivity index (χ3v) is 3.69. The van der Waals surface area contributed by atoms with Gasteiger partial charge >= 0.3 is 0 Å². The van der Waals surface area contributed by atoms with Gasteiger partial charge in [-0.1, -0.05) is 13.0 Å². The van der Waals surface area contributed by atoms with Crippen molar-refractivity contribution in [3.63, 3.8) is 0 Å². The van der Waals surface area contributed by atoms with Crippen molar-refractivity contribution >= 4 is 33.8 Å². The summed E-state index contributed by atoms with van der Waals surface area (Å²) in [5.41, 5.74) is 0.625. The fourth-order valence-corrected chi connectivity index (χ4v) is 2.02. The minimum absolute atomic E-state index is 0. The van der Waals surface area contributed by atoms with Crippen LogP contribution in [-0.2, 0) is 14.6 Å². The van der Waals surface area contributed by atoms with Crippen LogP contribution in [-0.4, -0.2) is 46.5 Å². The maximum absolute atomic E-state index is 11.9. The third kappa shape index (κ3) is 8.21. The van der Waals surface area contributed by atoms with Gasteiger partial charge < -0.3 is 15.4 Å². The van der Waals surface area contributed by atoms with Gasteiger partial charge in [-0.15, -0.1) is 12.4 Å². The highest BCUT2D eigenvalue weighted by Gasteiger charge is 2.12. The third-order valence-electron chi connectivity index (χ3n) is 2.78. The Morgan fingerprint density at radius 1 is 1.36 bits per heavy atom. The Morgan fingerprint density at radius 3 is 2.64 bits per heavy atom. The summed E-state index contributed by atoms with van der Waals surface area (Å²) in [5, 5.41) is 5.74. The van der Waals surface area contributed by atoms with Crippen LogP contribution in [0.1, 0.15) is 6.92 Å². The van der Waals surface area contributed by atoms with Crippen molar-refractivity contribution < 1.29 is 17.9 Å². The quantitative estimate of drug-likeness (QED) is 0.738. The number of sulfone groups is 1. The van der Waals surface area contributed by atoms with Gasteiger partial charge in [0.05, 0.1) is 5.75 Å². The summed E-state index contributed by atoms with van der Waals surface area (Å²) >= 11 is 0. The molecule has 1 aromatic carbocycles. The van der Waals surface area contributed by atoms with Crippen molar-refractivity contribution in [3.05, 3.63) is 24.3 Å². The molecule has 1 unspecified atom stereocenters. The van der Waals surface area contributed by atoms with Gasteiger partial charge in [0, 0.05) is 30.5 Å². The van der Waals surface area contributed by atoms with E-state index in [1.54, 1.807) is 31.3 Å². The van der Waals surface area contributed by atoms with Crippen molar-refractivity contribution in [2.75, 3.05) is 37.5 Å². The monoisotopic (exact) mass is 350 g/mol. The van der Waals surface area contributed by atoms with Gasteiger partial charge in [-0.2, -0.15) is 0 Å². The molecule has 1 atom stereocenters. The van der Waals surface area contributed by atoms with E-state index in [2.05, 4.69) is 10.6 Å². The molecule has 0 aromatic heterocycles. The molecule has 2 N–H and O–H groups in total. The van der Waals surface area contributed by atoms with E-state index in [0.717, 1.165) is 6.26 Å². The van der Waals surface area contributed by atoms with E-state index in [4.69, 9.17) is 4.74 Å². The van der Waals surface area contributed by atoms with Crippen LogP contribution in [0.5, 0.6) is 5.75 Å². The van der Waals surface area contributed by atoms with Crippen LogP contribution in [0.2, 0.25) is 0 Å². The molecule has 1 aromatic rings. The van der Waals surface area contributed by atoms with Gasteiger partial charge in [0.15, 0.2) is 9.84 Å². The predicted molar refractivity (Wildman–Crippen MR) is 90.6 cm³/mol. The second kappa shape index (κ2) is 9.66. The fraction of sp³-hybridized carbons (Fsp3) is 0.500. The lowest BCUT2D eigenvalue weighted by Crippen LogP contribution is -2.28. The molecular formula is C14H23ClN2O4S. The Hall–Kier alpha value is -1.31. The van der Waals surface area contributed by atoms with Crippen molar-refractivity contribution in [2.24, 2.45) is 5.92 Å². The molecular weight excluding hydrogens is 328 g/mol. The van der Waals surface area contributed by atoms with E-state index in [1.165, 1.54) is 0 Å². The van der Waals surface area contributed by atoms with Crippen molar-refractivity contribution in [3.8, 4) is 5.75 Å². The molecule has 0 aliphatic rings. The van der Waals surface area contributed by atoms with Crippen molar-refractivity contribution in [1.82, 2.24) is 5.32 Å². The molecule has 0 aliphatic carbocycles. The van der Waals surface area contributed by atoms with E-state index in [1.807, 2.05) is 6.92 Å². The van der Waals surface area contributed by atoms with Crippen LogP contribution in [0, 0.1) is 5.92 Å². The van der Waals surface area contributed by atoms with Crippen LogP contribution >= 0.6 is 12.4 Å². The second-order valence-electron chi connectivity index (χ2n) is 4.95. The zero-order valence-corrected chi connectivity index (χ0v) is 14.6. The number of carbonyl (C=O) groups excluding carboxylic acids is 1. The number of hydrogen-bond acceptors (Lipinski definition) is 5. The molecule has 22 heavy (non-hydrogen) atoms. The molecule has 1 rings (SSSR count). The lowest BCUT2D eigenvalue weighted by Gasteiger charge is -2.12. The number of hydrogen-bond donors (Lipinski definition) is 2. The SMILES string of the molecule is CNCC(C)C(=O)Nc1cccc(OCCS(C)(=O)=O)c1.Cl. The Labute approximate surface area is 138 Å². The average Bonchev–Trinajstić information content (AvgIpc) is 2.38. The lowest BCUT2D eigenvalue weighted by atomic mass is 10.1. The van der Waals surface area contributed by atoms with E-state index >= 15 is 0 Å². The van der Waals surface area contributed by atoms with Crippen molar-refractivity contribution in [2.45, 2.75) is 6.92 Å². The number of ether oxygens (including phenoxy) is 1. The van der Waals surface area contributed by atoms with Gasteiger partial charge in [0.2, 0.25) is 5.91 Å². The molecule has 0 spiro atoms. The summed E-state index contributed by atoms with van der Waals surface area (Å²) in [6.07, 6.45) is 1.16. The largest absolute Gasteiger partial charge is 0.492 e. The first-order valence-corrected chi connectivity index (χ1v) is 8.74. The average molecular weight is 351 g/mol. The Balaban J connectivity index is 0.00000441. The summed E-state index contributed by atoms with van der Waals surface area (Å²) in [5.74, 6) is 0.253. The molecule has 0 fully saturated rings. The molecule has 0 aliphatic heterocycles. The predicted octanol–water partition coefficient (Wildman–Crippen LogP) is 1.33. The molecule has 0 heterocycles. The van der Waals surface area contributed by atoms with Crippen LogP contribution in [0.15, 0.2) is 24.3 Å². The van der Waals surface area contributed by atoms with E-state index in [9.17, 15) is 13.2 Å². The van der Waals surface area contributed by atoms with Crippen LogP contribution in [0.4, 0.5) is 5.69 Å². The molecule has 0 bridgehead atoms. The molecule has 0 radical (unpaired) electrons. The molecule has 0 saturated carbocycles. The minimum atomic E-state index is -3.04. The van der Waals surface area contributed by atoms with Crippen LogP contribution in [0.3, 0.4) is 0 Å². The zero-order chi connectivity index (χ0) is 15.9. The van der Waals surface area contributed by atoms with Gasteiger partial charge in [-0.05, 0) is 19.2 Å². The van der Waals surface area contributed by atoms with E-state index < -0.39 is 9.84 Å². The van der Waals surface area contributed by atoms with Crippen molar-refractivity contribution in [1.29, 1.82) is 0 Å². The van der Waals surface area contributed by atoms with Gasteiger partial charge in [0.1, 0.15) is 12.4 Å². The van der Waals surface area contributed by atoms with E-state index in [-0.39, 0.29) is 36.6 Å². The molecule has 1 amide bonds. The van der Waals surface area contributed by atoms with Gasteiger partial charge in [-0.3, -0.25) is 4.79 Å². The smallest absolute Gasteiger partial charge is 0.228 e.